The summed E-state index contributed by atoms with van der Waals surface area (Å²) in [6, 6.07) is -0.351. The first-order chi connectivity index (χ1) is 6.49. The van der Waals surface area contributed by atoms with Crippen LogP contribution in [0, 0.1) is 0 Å². The van der Waals surface area contributed by atoms with Crippen LogP contribution in [-0.2, 0) is 9.53 Å². The maximum atomic E-state index is 11.3. The van der Waals surface area contributed by atoms with Gasteiger partial charge in [-0.2, -0.15) is 0 Å². The van der Waals surface area contributed by atoms with Crippen LogP contribution < -0.4 is 10.6 Å². The molecule has 7 heteroatoms. The molecule has 2 N–H and O–H groups in total. The van der Waals surface area contributed by atoms with E-state index >= 15 is 0 Å². The summed E-state index contributed by atoms with van der Waals surface area (Å²) in [5.41, 5.74) is 0. The topological polar surface area (TPSA) is 50.4 Å². The highest BCUT2D eigenvalue weighted by molar-refractivity contribution is 6.67. The number of piperazine rings is 1. The van der Waals surface area contributed by atoms with E-state index in [4.69, 9.17) is 39.5 Å². The highest BCUT2D eigenvalue weighted by Gasteiger charge is 2.26. The van der Waals surface area contributed by atoms with Crippen LogP contribution in [0.4, 0.5) is 0 Å². The lowest BCUT2D eigenvalue weighted by atomic mass is 10.2. The smallest absolute Gasteiger partial charge is 0.324 e. The number of carbonyl (C=O) groups excluding carboxylic acids is 1. The number of hydrogen-bond acceptors (Lipinski definition) is 4. The molecule has 1 aliphatic rings. The average Bonchev–Trinajstić information content (AvgIpc) is 2.14. The van der Waals surface area contributed by atoms with Crippen LogP contribution in [0.3, 0.4) is 0 Å². The van der Waals surface area contributed by atoms with E-state index < -0.39 is 9.76 Å². The van der Waals surface area contributed by atoms with Gasteiger partial charge in [0.2, 0.25) is 3.79 Å². The molecule has 0 aromatic heterocycles. The summed E-state index contributed by atoms with van der Waals surface area (Å²) in [5, 5.41) is 6.04. The molecule has 1 atom stereocenters. The minimum absolute atomic E-state index is 0.227. The van der Waals surface area contributed by atoms with E-state index in [0.29, 0.717) is 6.54 Å². The molecule has 0 saturated carbocycles. The standard InChI is InChI=1S/C7H11Cl3N2O2/c8-7(9,10)4-14-6(13)5-3-11-1-2-12-5/h5,11-12H,1-4H2. The predicted molar refractivity (Wildman–Crippen MR) is 55.9 cm³/mol. The van der Waals surface area contributed by atoms with Crippen LogP contribution in [0.15, 0.2) is 0 Å². The number of carbonyl (C=O) groups is 1. The average molecular weight is 262 g/mol. The Morgan fingerprint density at radius 3 is 2.64 bits per heavy atom. The van der Waals surface area contributed by atoms with Crippen molar-refractivity contribution in [2.45, 2.75) is 9.83 Å². The summed E-state index contributed by atoms with van der Waals surface area (Å²) >= 11 is 16.3. The Morgan fingerprint density at radius 1 is 1.43 bits per heavy atom. The maximum absolute atomic E-state index is 11.3. The summed E-state index contributed by atoms with van der Waals surface area (Å²) in [6.07, 6.45) is 0. The lowest BCUT2D eigenvalue weighted by Crippen LogP contribution is -2.53. The number of esters is 1. The Bertz CT molecular complexity index is 202. The summed E-state index contributed by atoms with van der Waals surface area (Å²) in [6.45, 7) is 1.88. The van der Waals surface area contributed by atoms with Crippen LogP contribution in [-0.4, -0.2) is 42.0 Å². The molecule has 82 valence electrons. The minimum Gasteiger partial charge on any atom is -0.460 e. The third-order valence-electron chi connectivity index (χ3n) is 1.70. The largest absolute Gasteiger partial charge is 0.460 e. The first-order valence-electron chi connectivity index (χ1n) is 4.16. The number of hydrogen-bond donors (Lipinski definition) is 2. The van der Waals surface area contributed by atoms with Crippen molar-refractivity contribution in [1.82, 2.24) is 10.6 Å². The molecule has 0 aromatic carbocycles. The molecule has 0 bridgehead atoms. The molecular weight excluding hydrogens is 250 g/mol. The quantitative estimate of drug-likeness (QED) is 0.560. The molecule has 0 aromatic rings. The number of nitrogens with one attached hydrogen (secondary N) is 2. The lowest BCUT2D eigenvalue weighted by molar-refractivity contribution is -0.146. The number of ether oxygens (including phenoxy) is 1. The van der Waals surface area contributed by atoms with Gasteiger partial charge < -0.3 is 15.4 Å². The van der Waals surface area contributed by atoms with Gasteiger partial charge in [0, 0.05) is 19.6 Å². The van der Waals surface area contributed by atoms with Crippen LogP contribution in [0.25, 0.3) is 0 Å². The van der Waals surface area contributed by atoms with Gasteiger partial charge in [0.05, 0.1) is 0 Å². The molecule has 0 radical (unpaired) electrons. The van der Waals surface area contributed by atoms with Gasteiger partial charge in [0.25, 0.3) is 0 Å². The molecule has 0 aliphatic carbocycles. The van der Waals surface area contributed by atoms with Crippen LogP contribution in [0.2, 0.25) is 0 Å². The van der Waals surface area contributed by atoms with Crippen LogP contribution in [0.5, 0.6) is 0 Å². The van der Waals surface area contributed by atoms with Gasteiger partial charge in [-0.15, -0.1) is 0 Å². The highest BCUT2D eigenvalue weighted by Crippen LogP contribution is 2.25. The van der Waals surface area contributed by atoms with E-state index in [2.05, 4.69) is 10.6 Å². The molecule has 4 nitrogen and oxygen atoms in total. The minimum atomic E-state index is -1.54. The number of rotatable bonds is 2. The monoisotopic (exact) mass is 260 g/mol. The first-order valence-corrected chi connectivity index (χ1v) is 5.30. The Kier molecular flexibility index (Phi) is 4.73. The van der Waals surface area contributed by atoms with Gasteiger partial charge in [0.15, 0.2) is 0 Å². The van der Waals surface area contributed by atoms with Gasteiger partial charge in [-0.3, -0.25) is 4.79 Å². The Balaban J connectivity index is 2.27. The summed E-state index contributed by atoms with van der Waals surface area (Å²) in [7, 11) is 0. The SMILES string of the molecule is O=C(OCC(Cl)(Cl)Cl)C1CNCCN1. The number of halogens is 3. The van der Waals surface area contributed by atoms with Crippen molar-refractivity contribution in [1.29, 1.82) is 0 Å². The van der Waals surface area contributed by atoms with Gasteiger partial charge in [0.1, 0.15) is 12.6 Å². The fourth-order valence-corrected chi connectivity index (χ4v) is 1.24. The van der Waals surface area contributed by atoms with Crippen LogP contribution in [0.1, 0.15) is 0 Å². The van der Waals surface area contributed by atoms with E-state index in [9.17, 15) is 4.79 Å². The Labute approximate surface area is 97.2 Å². The van der Waals surface area contributed by atoms with E-state index in [1.165, 1.54) is 0 Å². The van der Waals surface area contributed by atoms with E-state index in [1.54, 1.807) is 0 Å². The Hall–Kier alpha value is 0.260. The molecular formula is C7H11Cl3N2O2. The zero-order valence-electron chi connectivity index (χ0n) is 7.36. The normalized spacial score (nSPS) is 23.2. The van der Waals surface area contributed by atoms with E-state index in [1.807, 2.05) is 0 Å². The maximum Gasteiger partial charge on any atom is 0.324 e. The van der Waals surface area contributed by atoms with Crippen molar-refractivity contribution in [2.75, 3.05) is 26.2 Å². The Morgan fingerprint density at radius 2 is 2.14 bits per heavy atom. The van der Waals surface area contributed by atoms with Gasteiger partial charge in [-0.1, -0.05) is 34.8 Å². The zero-order chi connectivity index (χ0) is 10.6. The highest BCUT2D eigenvalue weighted by atomic mass is 35.6. The molecule has 14 heavy (non-hydrogen) atoms. The fourth-order valence-electron chi connectivity index (χ4n) is 1.07. The van der Waals surface area contributed by atoms with E-state index in [-0.39, 0.29) is 12.6 Å². The second kappa shape index (κ2) is 5.37. The molecule has 0 spiro atoms. The summed E-state index contributed by atoms with van der Waals surface area (Å²) in [4.78, 5) is 11.3. The molecule has 1 rings (SSSR count). The van der Waals surface area contributed by atoms with Gasteiger partial charge in [-0.05, 0) is 0 Å². The third-order valence-corrected chi connectivity index (χ3v) is 2.03. The van der Waals surface area contributed by atoms with Crippen molar-refractivity contribution in [2.24, 2.45) is 0 Å². The second-order valence-corrected chi connectivity index (χ2v) is 5.45. The molecule has 1 fully saturated rings. The molecule has 1 saturated heterocycles. The van der Waals surface area contributed by atoms with Crippen LogP contribution >= 0.6 is 34.8 Å². The molecule has 0 amide bonds. The van der Waals surface area contributed by atoms with Crippen molar-refractivity contribution >= 4 is 40.8 Å². The molecule has 1 aliphatic heterocycles. The number of alkyl halides is 3. The molecule has 1 heterocycles. The second-order valence-electron chi connectivity index (χ2n) is 2.93. The van der Waals surface area contributed by atoms with Crippen molar-refractivity contribution in [3.63, 3.8) is 0 Å². The zero-order valence-corrected chi connectivity index (χ0v) is 9.62. The summed E-state index contributed by atoms with van der Waals surface area (Å²) < 4.78 is 3.26. The van der Waals surface area contributed by atoms with Crippen molar-refractivity contribution < 1.29 is 9.53 Å². The summed E-state index contributed by atoms with van der Waals surface area (Å²) in [5.74, 6) is -0.400. The predicted octanol–water partition coefficient (Wildman–Crippen LogP) is 0.461. The third kappa shape index (κ3) is 4.66. The molecule has 1 unspecified atom stereocenters. The first kappa shape index (κ1) is 12.3. The van der Waals surface area contributed by atoms with Crippen molar-refractivity contribution in [3.05, 3.63) is 0 Å². The fraction of sp³-hybridized carbons (Fsp3) is 0.857. The lowest BCUT2D eigenvalue weighted by Gasteiger charge is -2.23. The van der Waals surface area contributed by atoms with E-state index in [0.717, 1.165) is 13.1 Å². The van der Waals surface area contributed by atoms with Gasteiger partial charge in [-0.25, -0.2) is 0 Å². The van der Waals surface area contributed by atoms with Gasteiger partial charge >= 0.3 is 5.97 Å². The van der Waals surface area contributed by atoms with Crippen molar-refractivity contribution in [3.8, 4) is 0 Å².